The molecule has 120 valence electrons. The van der Waals surface area contributed by atoms with E-state index in [0.29, 0.717) is 25.4 Å². The summed E-state index contributed by atoms with van der Waals surface area (Å²) in [6.07, 6.45) is 4.08. The van der Waals surface area contributed by atoms with Crippen molar-refractivity contribution in [2.75, 3.05) is 19.8 Å². The molecule has 0 radical (unpaired) electrons. The van der Waals surface area contributed by atoms with Gasteiger partial charge in [-0.05, 0) is 26.3 Å². The van der Waals surface area contributed by atoms with Crippen molar-refractivity contribution in [3.05, 3.63) is 45.9 Å². The number of allylic oxidation sites excluding steroid dienone is 1. The molecule has 2 heterocycles. The van der Waals surface area contributed by atoms with Crippen LogP contribution in [-0.4, -0.2) is 42.9 Å². The van der Waals surface area contributed by atoms with E-state index < -0.39 is 0 Å². The normalized spacial score (nSPS) is 21.2. The van der Waals surface area contributed by atoms with Crippen molar-refractivity contribution in [2.45, 2.75) is 32.4 Å². The van der Waals surface area contributed by atoms with Crippen molar-refractivity contribution in [3.63, 3.8) is 0 Å². The van der Waals surface area contributed by atoms with E-state index in [9.17, 15) is 9.59 Å². The Morgan fingerprint density at radius 1 is 1.50 bits per heavy atom. The first-order chi connectivity index (χ1) is 10.6. The molecule has 1 fully saturated rings. The lowest BCUT2D eigenvalue weighted by Gasteiger charge is -2.31. The number of pyridine rings is 1. The molecule has 2 N–H and O–H groups in total. The number of carbonyl (C=O) groups excluding carboxylic acids is 1. The first-order valence-electron chi connectivity index (χ1n) is 7.38. The Balaban J connectivity index is 1.95. The zero-order chi connectivity index (χ0) is 15.9. The molecule has 0 bridgehead atoms. The second-order valence-electron chi connectivity index (χ2n) is 5.54. The van der Waals surface area contributed by atoms with Gasteiger partial charge in [0.25, 0.3) is 5.91 Å². The van der Waals surface area contributed by atoms with Crippen molar-refractivity contribution in [1.82, 2.24) is 10.3 Å². The first kappa shape index (κ1) is 16.5. The lowest BCUT2D eigenvalue weighted by molar-refractivity contribution is -0.0457. The van der Waals surface area contributed by atoms with Gasteiger partial charge in [0.2, 0.25) is 5.56 Å². The Kier molecular flexibility index (Phi) is 5.91. The van der Waals surface area contributed by atoms with Gasteiger partial charge in [0, 0.05) is 18.9 Å². The van der Waals surface area contributed by atoms with Crippen LogP contribution in [0.3, 0.4) is 0 Å². The van der Waals surface area contributed by atoms with Gasteiger partial charge >= 0.3 is 0 Å². The summed E-state index contributed by atoms with van der Waals surface area (Å²) in [7, 11) is 0. The molecule has 1 aromatic heterocycles. The Bertz CT molecular complexity index is 570. The van der Waals surface area contributed by atoms with E-state index in [1.54, 1.807) is 0 Å². The topological polar surface area (TPSA) is 80.4 Å². The highest BCUT2D eigenvalue weighted by Crippen LogP contribution is 2.13. The molecule has 6 heteroatoms. The number of hydrogen-bond acceptors (Lipinski definition) is 4. The van der Waals surface area contributed by atoms with Gasteiger partial charge in [0.1, 0.15) is 0 Å². The molecule has 22 heavy (non-hydrogen) atoms. The van der Waals surface area contributed by atoms with Crippen molar-refractivity contribution in [2.24, 2.45) is 0 Å². The molecule has 1 amide bonds. The van der Waals surface area contributed by atoms with E-state index in [0.717, 1.165) is 6.42 Å². The number of ether oxygens (including phenoxy) is 2. The third-order valence-corrected chi connectivity index (χ3v) is 3.46. The number of aromatic amines is 1. The number of rotatable bonds is 5. The van der Waals surface area contributed by atoms with Crippen molar-refractivity contribution in [3.8, 4) is 0 Å². The predicted octanol–water partition coefficient (Wildman–Crippen LogP) is 1.24. The Labute approximate surface area is 129 Å². The second-order valence-corrected chi connectivity index (χ2v) is 5.54. The minimum absolute atomic E-state index is 0.0731. The fraction of sp³-hybridized carbons (Fsp3) is 0.500. The maximum atomic E-state index is 12.2. The van der Waals surface area contributed by atoms with Crippen LogP contribution in [0.4, 0.5) is 0 Å². The van der Waals surface area contributed by atoms with Crippen molar-refractivity contribution < 1.29 is 14.3 Å². The maximum Gasteiger partial charge on any atom is 0.253 e. The number of aromatic nitrogens is 1. The number of nitrogens with one attached hydrogen (secondary N) is 2. The Morgan fingerprint density at radius 3 is 3.00 bits per heavy atom. The standard InChI is InChI=1S/C16H22N2O4/c1-11(2)5-8-22-14-6-7-21-10-13(14)18-16(20)12-3-4-15(19)17-9-12/h3-5,9,13-14H,6-8,10H2,1-2H3,(H,17,19)(H,18,20)/t13-,14+/m1/s1. The molecular weight excluding hydrogens is 284 g/mol. The SMILES string of the molecule is CC(C)=CCO[C@H]1CCOC[C@H]1NC(=O)c1ccc(=O)[nH]c1. The fourth-order valence-corrected chi connectivity index (χ4v) is 2.19. The molecule has 0 unspecified atom stereocenters. The molecule has 0 aromatic carbocycles. The van der Waals surface area contributed by atoms with Crippen LogP contribution in [0, 0.1) is 0 Å². The highest BCUT2D eigenvalue weighted by Gasteiger charge is 2.28. The van der Waals surface area contributed by atoms with Crippen LogP contribution in [0.15, 0.2) is 34.8 Å². The first-order valence-corrected chi connectivity index (χ1v) is 7.38. The van der Waals surface area contributed by atoms with E-state index >= 15 is 0 Å². The predicted molar refractivity (Wildman–Crippen MR) is 82.9 cm³/mol. The molecule has 0 aliphatic carbocycles. The van der Waals surface area contributed by atoms with Gasteiger partial charge < -0.3 is 19.8 Å². The smallest absolute Gasteiger partial charge is 0.253 e. The summed E-state index contributed by atoms with van der Waals surface area (Å²) in [4.78, 5) is 25.7. The van der Waals surface area contributed by atoms with E-state index in [2.05, 4.69) is 10.3 Å². The monoisotopic (exact) mass is 306 g/mol. The molecule has 0 saturated carbocycles. The van der Waals surface area contributed by atoms with E-state index in [4.69, 9.17) is 9.47 Å². The van der Waals surface area contributed by atoms with Crippen molar-refractivity contribution in [1.29, 1.82) is 0 Å². The highest BCUT2D eigenvalue weighted by molar-refractivity contribution is 5.94. The summed E-state index contributed by atoms with van der Waals surface area (Å²) in [5.41, 5.74) is 1.37. The average molecular weight is 306 g/mol. The van der Waals surface area contributed by atoms with Gasteiger partial charge in [0.05, 0.1) is 30.9 Å². The maximum absolute atomic E-state index is 12.2. The molecular formula is C16H22N2O4. The summed E-state index contributed by atoms with van der Waals surface area (Å²) in [6.45, 7) is 5.61. The van der Waals surface area contributed by atoms with Crippen LogP contribution in [0.5, 0.6) is 0 Å². The quantitative estimate of drug-likeness (QED) is 0.802. The summed E-state index contributed by atoms with van der Waals surface area (Å²) >= 11 is 0. The summed E-state index contributed by atoms with van der Waals surface area (Å²) in [6, 6.07) is 2.63. The Hall–Kier alpha value is -1.92. The zero-order valence-corrected chi connectivity index (χ0v) is 12.9. The van der Waals surface area contributed by atoms with Gasteiger partial charge in [-0.25, -0.2) is 0 Å². The molecule has 1 saturated heterocycles. The Morgan fingerprint density at radius 2 is 2.32 bits per heavy atom. The lowest BCUT2D eigenvalue weighted by atomic mass is 10.1. The van der Waals surface area contributed by atoms with Gasteiger partial charge in [-0.3, -0.25) is 9.59 Å². The van der Waals surface area contributed by atoms with Crippen LogP contribution in [0.25, 0.3) is 0 Å². The van der Waals surface area contributed by atoms with Crippen molar-refractivity contribution >= 4 is 5.91 Å². The number of carbonyl (C=O) groups is 1. The summed E-state index contributed by atoms with van der Waals surface area (Å²) in [5, 5.41) is 2.91. The minimum Gasteiger partial charge on any atom is -0.379 e. The van der Waals surface area contributed by atoms with Gasteiger partial charge in [0.15, 0.2) is 0 Å². The number of amides is 1. The molecule has 2 rings (SSSR count). The largest absolute Gasteiger partial charge is 0.379 e. The third-order valence-electron chi connectivity index (χ3n) is 3.46. The third kappa shape index (κ3) is 4.82. The fourth-order valence-electron chi connectivity index (χ4n) is 2.19. The second kappa shape index (κ2) is 7.91. The summed E-state index contributed by atoms with van der Waals surface area (Å²) < 4.78 is 11.3. The van der Waals surface area contributed by atoms with Crippen LogP contribution in [0.2, 0.25) is 0 Å². The van der Waals surface area contributed by atoms with Crippen LogP contribution in [-0.2, 0) is 9.47 Å². The average Bonchev–Trinajstić information content (AvgIpc) is 2.49. The molecule has 2 atom stereocenters. The molecule has 1 aliphatic rings. The number of H-pyrrole nitrogens is 1. The zero-order valence-electron chi connectivity index (χ0n) is 12.9. The van der Waals surface area contributed by atoms with E-state index in [-0.39, 0.29) is 23.6 Å². The van der Waals surface area contributed by atoms with Gasteiger partial charge in [-0.15, -0.1) is 0 Å². The van der Waals surface area contributed by atoms with Crippen LogP contribution < -0.4 is 10.9 Å². The molecule has 1 aromatic rings. The number of hydrogen-bond donors (Lipinski definition) is 2. The van der Waals surface area contributed by atoms with Crippen LogP contribution >= 0.6 is 0 Å². The lowest BCUT2D eigenvalue weighted by Crippen LogP contribution is -2.50. The van der Waals surface area contributed by atoms with E-state index in [1.165, 1.54) is 23.9 Å². The summed E-state index contributed by atoms with van der Waals surface area (Å²) in [5.74, 6) is -0.248. The van der Waals surface area contributed by atoms with Crippen LogP contribution in [0.1, 0.15) is 30.6 Å². The highest BCUT2D eigenvalue weighted by atomic mass is 16.5. The van der Waals surface area contributed by atoms with Gasteiger partial charge in [-0.2, -0.15) is 0 Å². The van der Waals surface area contributed by atoms with Gasteiger partial charge in [-0.1, -0.05) is 11.6 Å². The van der Waals surface area contributed by atoms with E-state index in [1.807, 2.05) is 19.9 Å². The molecule has 6 nitrogen and oxygen atoms in total. The minimum atomic E-state index is -0.248. The molecule has 0 spiro atoms. The molecule has 1 aliphatic heterocycles.